The lowest BCUT2D eigenvalue weighted by molar-refractivity contribution is -0.122. The Hall–Kier alpha value is -2.45. The Labute approximate surface area is 258 Å². The average Bonchev–Trinajstić information content (AvgIpc) is 2.95. The predicted molar refractivity (Wildman–Crippen MR) is 171 cm³/mol. The number of aryl methyl sites for hydroxylation is 1. The highest BCUT2D eigenvalue weighted by molar-refractivity contribution is 7.51. The van der Waals surface area contributed by atoms with E-state index in [1.165, 1.54) is 51.4 Å². The molecule has 0 spiro atoms. The molecule has 0 saturated heterocycles. The number of hydrogen-bond acceptors (Lipinski definition) is 6. The van der Waals surface area contributed by atoms with Gasteiger partial charge in [0.2, 0.25) is 5.91 Å². The molecule has 0 fully saturated rings. The quantitative estimate of drug-likeness (QED) is 0.0859. The minimum Gasteiger partial charge on any atom is -0.496 e. The van der Waals surface area contributed by atoms with E-state index in [0.29, 0.717) is 12.2 Å². The van der Waals surface area contributed by atoms with Crippen molar-refractivity contribution < 1.29 is 33.7 Å². The highest BCUT2D eigenvalue weighted by Crippen LogP contribution is 2.36. The number of carbonyl (C=O) groups excluding carboxylic acids is 1. The van der Waals surface area contributed by atoms with E-state index in [9.17, 15) is 24.3 Å². The number of benzene rings is 1. The maximum absolute atomic E-state index is 12.7. The van der Waals surface area contributed by atoms with Crippen LogP contribution in [0, 0.1) is 13.8 Å². The number of ether oxygens (including phenoxy) is 2. The van der Waals surface area contributed by atoms with Crippen molar-refractivity contribution in [3.63, 3.8) is 0 Å². The van der Waals surface area contributed by atoms with Gasteiger partial charge in [0.15, 0.2) is 0 Å². The number of aliphatic hydroxyl groups is 1. The predicted octanol–water partition coefficient (Wildman–Crippen LogP) is 6.55. The Kier molecular flexibility index (Phi) is 16.9. The zero-order valence-corrected chi connectivity index (χ0v) is 27.4. The van der Waals surface area contributed by atoms with Crippen molar-refractivity contribution in [1.82, 2.24) is 10.3 Å². The molecule has 0 bridgehead atoms. The van der Waals surface area contributed by atoms with Gasteiger partial charge in [-0.1, -0.05) is 83.3 Å². The Bertz CT molecular complexity index is 1140. The number of unbranched alkanes of at least 4 members (excludes halogenated alkanes) is 10. The lowest BCUT2D eigenvalue weighted by atomic mass is 10.0. The number of nitrogens with zero attached hydrogens (tertiary/aromatic N) is 1. The fourth-order valence-corrected chi connectivity index (χ4v) is 5.97. The lowest BCUT2D eigenvalue weighted by Crippen LogP contribution is -2.46. The Morgan fingerprint density at radius 1 is 0.953 bits per heavy atom. The molecule has 0 saturated carbocycles. The number of hydrogen-bond donors (Lipinski definition) is 4. The number of aromatic nitrogens is 1. The molecular weight excluding hydrogens is 567 g/mol. The Morgan fingerprint density at radius 3 is 2.09 bits per heavy atom. The zero-order valence-electron chi connectivity index (χ0n) is 26.5. The first-order chi connectivity index (χ1) is 20.5. The summed E-state index contributed by atoms with van der Waals surface area (Å²) in [4.78, 5) is 36.0. The van der Waals surface area contributed by atoms with Crippen LogP contribution in [0.5, 0.6) is 11.5 Å². The molecule has 1 aromatic carbocycles. The summed E-state index contributed by atoms with van der Waals surface area (Å²) in [7, 11) is -2.84. The summed E-state index contributed by atoms with van der Waals surface area (Å²) in [5.74, 6) is 1.19. The zero-order chi connectivity index (χ0) is 31.7. The molecule has 1 aromatic heterocycles. The molecule has 1 unspecified atom stereocenters. The van der Waals surface area contributed by atoms with E-state index in [1.807, 2.05) is 26.0 Å². The fourth-order valence-electron chi connectivity index (χ4n) is 5.23. The summed E-state index contributed by atoms with van der Waals surface area (Å²) in [6.07, 6.45) is 13.2. The smallest absolute Gasteiger partial charge is 0.328 e. The molecule has 0 aliphatic heterocycles. The summed E-state index contributed by atoms with van der Waals surface area (Å²) in [6.45, 7) is 6.37. The minimum absolute atomic E-state index is 0.220. The molecule has 1 amide bonds. The highest BCUT2D eigenvalue weighted by atomic mass is 31.2. The highest BCUT2D eigenvalue weighted by Gasteiger charge is 2.28. The number of aliphatic hydroxyl groups excluding tert-OH is 1. The van der Waals surface area contributed by atoms with Crippen molar-refractivity contribution in [2.75, 3.05) is 13.3 Å². The first kappa shape index (κ1) is 36.7. The normalized spacial score (nSPS) is 13.0. The van der Waals surface area contributed by atoms with Crippen LogP contribution in [0.3, 0.4) is 0 Å². The van der Waals surface area contributed by atoms with Crippen LogP contribution in [0.15, 0.2) is 30.5 Å². The molecule has 242 valence electrons. The van der Waals surface area contributed by atoms with Gasteiger partial charge >= 0.3 is 7.60 Å². The average molecular weight is 621 g/mol. The van der Waals surface area contributed by atoms with Crippen molar-refractivity contribution in [3.8, 4) is 11.5 Å². The van der Waals surface area contributed by atoms with E-state index in [4.69, 9.17) is 9.47 Å². The van der Waals surface area contributed by atoms with Gasteiger partial charge in [-0.25, -0.2) is 0 Å². The number of methoxy groups -OCH3 is 1. The second-order valence-corrected chi connectivity index (χ2v) is 13.3. The van der Waals surface area contributed by atoms with E-state index < -0.39 is 25.9 Å². The molecule has 43 heavy (non-hydrogen) atoms. The summed E-state index contributed by atoms with van der Waals surface area (Å²) in [6, 6.07) is 6.38. The van der Waals surface area contributed by atoms with Crippen LogP contribution in [0.2, 0.25) is 0 Å². The molecule has 0 radical (unpaired) electrons. The first-order valence-corrected chi connectivity index (χ1v) is 17.6. The van der Waals surface area contributed by atoms with Gasteiger partial charge in [0.1, 0.15) is 18.1 Å². The molecule has 2 rings (SSSR count). The third-order valence-corrected chi connectivity index (χ3v) is 8.60. The molecule has 2 atom stereocenters. The molecule has 0 aliphatic rings. The summed E-state index contributed by atoms with van der Waals surface area (Å²) in [5.41, 5.74) is 3.44. The van der Waals surface area contributed by atoms with E-state index in [1.54, 1.807) is 25.4 Å². The third-order valence-electron chi connectivity index (χ3n) is 7.75. The summed E-state index contributed by atoms with van der Waals surface area (Å²) in [5, 5.41) is 13.4. The Morgan fingerprint density at radius 2 is 1.53 bits per heavy atom. The standard InChI is InChI=1S/C33H53N2O7P/c1-5-6-7-8-9-10-11-12-13-14-15-16-32(37)35-29(31(36)24-43(38,39)40)21-27-17-19-28(20-18-27)42-23-30-26(3)33(41-4)25(2)22-34-30/h17-20,22,29,31,36H,5-16,21,23-24H2,1-4H3,(H,35,37)(H2,38,39,40)/t29-,31?/m1/s1. The third kappa shape index (κ3) is 14.7. The number of amides is 1. The number of nitrogens with one attached hydrogen (secondary N) is 1. The van der Waals surface area contributed by atoms with Crippen molar-refractivity contribution in [2.45, 2.75) is 123 Å². The van der Waals surface area contributed by atoms with Crippen molar-refractivity contribution in [2.24, 2.45) is 0 Å². The molecule has 2 aromatic rings. The van der Waals surface area contributed by atoms with Crippen LogP contribution in [-0.2, 0) is 22.4 Å². The topological polar surface area (TPSA) is 138 Å². The maximum atomic E-state index is 12.7. The van der Waals surface area contributed by atoms with E-state index in [2.05, 4.69) is 17.2 Å². The molecule has 1 heterocycles. The maximum Gasteiger partial charge on any atom is 0.328 e. The van der Waals surface area contributed by atoms with Crippen LogP contribution >= 0.6 is 7.60 Å². The van der Waals surface area contributed by atoms with E-state index >= 15 is 0 Å². The molecule has 4 N–H and O–H groups in total. The largest absolute Gasteiger partial charge is 0.496 e. The van der Waals surface area contributed by atoms with Gasteiger partial charge in [-0.3, -0.25) is 14.3 Å². The number of pyridine rings is 1. The van der Waals surface area contributed by atoms with E-state index in [0.717, 1.165) is 47.4 Å². The molecule has 9 nitrogen and oxygen atoms in total. The van der Waals surface area contributed by atoms with Gasteiger partial charge in [-0.15, -0.1) is 0 Å². The van der Waals surface area contributed by atoms with Crippen molar-refractivity contribution >= 4 is 13.5 Å². The van der Waals surface area contributed by atoms with Crippen LogP contribution in [0.4, 0.5) is 0 Å². The summed E-state index contributed by atoms with van der Waals surface area (Å²) >= 11 is 0. The number of carbonyl (C=O) groups is 1. The molecule has 0 aliphatic carbocycles. The van der Waals surface area contributed by atoms with Gasteiger partial charge in [0, 0.05) is 23.7 Å². The van der Waals surface area contributed by atoms with E-state index in [-0.39, 0.29) is 18.9 Å². The second kappa shape index (κ2) is 19.8. The van der Waals surface area contributed by atoms with Gasteiger partial charge in [0.05, 0.1) is 31.1 Å². The first-order valence-electron chi connectivity index (χ1n) is 15.8. The van der Waals surface area contributed by atoms with Gasteiger partial charge in [-0.2, -0.15) is 0 Å². The van der Waals surface area contributed by atoms with Gasteiger partial charge in [-0.05, 0) is 44.4 Å². The SMILES string of the molecule is CCCCCCCCCCCCCC(=O)N[C@H](Cc1ccc(OCc2ncc(C)c(OC)c2C)cc1)C(O)CP(=O)(O)O. The summed E-state index contributed by atoms with van der Waals surface area (Å²) < 4.78 is 23.0. The van der Waals surface area contributed by atoms with Crippen LogP contribution < -0.4 is 14.8 Å². The fraction of sp³-hybridized carbons (Fsp3) is 0.636. The van der Waals surface area contributed by atoms with Gasteiger partial charge in [0.25, 0.3) is 0 Å². The molecular formula is C33H53N2O7P. The van der Waals surface area contributed by atoms with Crippen LogP contribution in [-0.4, -0.2) is 51.2 Å². The lowest BCUT2D eigenvalue weighted by Gasteiger charge is -2.25. The van der Waals surface area contributed by atoms with Crippen molar-refractivity contribution in [3.05, 3.63) is 52.8 Å². The van der Waals surface area contributed by atoms with Gasteiger partial charge < -0.3 is 29.7 Å². The van der Waals surface area contributed by atoms with Crippen molar-refractivity contribution in [1.29, 1.82) is 0 Å². The van der Waals surface area contributed by atoms with Crippen LogP contribution in [0.25, 0.3) is 0 Å². The minimum atomic E-state index is -4.47. The monoisotopic (exact) mass is 620 g/mol. The molecule has 10 heteroatoms. The number of rotatable bonds is 22. The second-order valence-electron chi connectivity index (χ2n) is 11.6. The van der Waals surface area contributed by atoms with Crippen LogP contribution in [0.1, 0.15) is 106 Å². The Balaban J connectivity index is 1.85.